The van der Waals surface area contributed by atoms with Gasteiger partial charge in [0, 0.05) is 22.6 Å². The maximum atomic E-state index is 17.0. The number of halogens is 5. The molecular weight excluding hydrogens is 625 g/mol. The molecule has 3 atom stereocenters. The second-order valence-electron chi connectivity index (χ2n) is 12.0. The standard InChI is InChI=1S/C31H30F5N9O2/c1-13-7-20-19(10-39-43-20)21(23(13)31(34,35)36)25-24(33)26-22-28(42-30(41-26)47-12-17-5-6-44(17)4)45(14(2)11-46-29(22)40-25)15(3)18-8-16(32)9-38-27(18)37/h7-10,14-15,17H,5-6,11-12H2,1-4H3,(H2,37,38)(H,39,43)/t14-,15?,17?/m0/s1. The van der Waals surface area contributed by atoms with E-state index in [1.807, 2.05) is 7.05 Å². The zero-order chi connectivity index (χ0) is 33.4. The van der Waals surface area contributed by atoms with Crippen molar-refractivity contribution in [3.05, 3.63) is 52.9 Å². The summed E-state index contributed by atoms with van der Waals surface area (Å²) in [6.45, 7) is 5.88. The van der Waals surface area contributed by atoms with E-state index >= 15 is 4.39 Å². The first-order valence-electron chi connectivity index (χ1n) is 14.9. The Morgan fingerprint density at radius 1 is 1.17 bits per heavy atom. The number of aromatic amines is 1. The van der Waals surface area contributed by atoms with E-state index in [1.165, 1.54) is 25.3 Å². The van der Waals surface area contributed by atoms with Gasteiger partial charge >= 0.3 is 12.2 Å². The molecule has 2 aliphatic heterocycles. The Morgan fingerprint density at radius 2 is 1.96 bits per heavy atom. The van der Waals surface area contributed by atoms with E-state index in [-0.39, 0.29) is 70.2 Å². The molecule has 7 rings (SSSR count). The second kappa shape index (κ2) is 11.1. The Kier molecular flexibility index (Phi) is 7.29. The monoisotopic (exact) mass is 655 g/mol. The van der Waals surface area contributed by atoms with Crippen molar-refractivity contribution in [3.63, 3.8) is 0 Å². The number of hydrogen-bond donors (Lipinski definition) is 2. The Morgan fingerprint density at radius 3 is 2.66 bits per heavy atom. The number of nitrogens with one attached hydrogen (secondary N) is 1. The molecule has 6 heterocycles. The van der Waals surface area contributed by atoms with Crippen LogP contribution < -0.4 is 20.1 Å². The number of fused-ring (bicyclic) bond motifs is 1. The topological polar surface area (TPSA) is 131 Å². The average Bonchev–Trinajstić information content (AvgIpc) is 3.43. The molecule has 0 amide bonds. The highest BCUT2D eigenvalue weighted by Gasteiger charge is 2.40. The molecule has 5 aromatic rings. The van der Waals surface area contributed by atoms with Gasteiger partial charge in [0.1, 0.15) is 47.3 Å². The third-order valence-corrected chi connectivity index (χ3v) is 8.98. The highest BCUT2D eigenvalue weighted by molar-refractivity contribution is 6.02. The number of likely N-dealkylation sites (tertiary alicyclic amines) is 1. The van der Waals surface area contributed by atoms with E-state index < -0.39 is 46.7 Å². The van der Waals surface area contributed by atoms with Gasteiger partial charge in [-0.05, 0) is 58.5 Å². The third-order valence-electron chi connectivity index (χ3n) is 8.98. The lowest BCUT2D eigenvalue weighted by molar-refractivity contribution is -0.137. The molecule has 11 nitrogen and oxygen atoms in total. The Labute approximate surface area is 264 Å². The minimum absolute atomic E-state index is 0.0168. The molecule has 4 aromatic heterocycles. The average molecular weight is 656 g/mol. The van der Waals surface area contributed by atoms with Crippen LogP contribution >= 0.6 is 0 Å². The Hall–Kier alpha value is -4.86. The smallest absolute Gasteiger partial charge is 0.417 e. The number of nitrogens with two attached hydrogens (primary N) is 1. The summed E-state index contributed by atoms with van der Waals surface area (Å²) in [5.41, 5.74) is 4.09. The van der Waals surface area contributed by atoms with Gasteiger partial charge in [0.25, 0.3) is 0 Å². The van der Waals surface area contributed by atoms with Crippen LogP contribution in [0.1, 0.15) is 43.0 Å². The number of anilines is 2. The Balaban J connectivity index is 1.50. The van der Waals surface area contributed by atoms with Crippen molar-refractivity contribution in [3.8, 4) is 23.1 Å². The predicted octanol–water partition coefficient (Wildman–Crippen LogP) is 5.58. The van der Waals surface area contributed by atoms with Crippen LogP contribution in [0.15, 0.2) is 24.5 Å². The minimum atomic E-state index is -4.86. The molecule has 1 fully saturated rings. The fourth-order valence-corrected chi connectivity index (χ4v) is 6.42. The highest BCUT2D eigenvalue weighted by Crippen LogP contribution is 2.47. The summed E-state index contributed by atoms with van der Waals surface area (Å²) in [6, 6.07) is 1.27. The lowest BCUT2D eigenvalue weighted by Gasteiger charge is -2.37. The van der Waals surface area contributed by atoms with Crippen molar-refractivity contribution in [2.24, 2.45) is 0 Å². The zero-order valence-corrected chi connectivity index (χ0v) is 25.8. The largest absolute Gasteiger partial charge is 0.475 e. The van der Waals surface area contributed by atoms with Gasteiger partial charge in [0.15, 0.2) is 5.82 Å². The van der Waals surface area contributed by atoms with Crippen molar-refractivity contribution >= 4 is 33.4 Å². The highest BCUT2D eigenvalue weighted by atomic mass is 19.4. The van der Waals surface area contributed by atoms with Crippen LogP contribution in [0.3, 0.4) is 0 Å². The van der Waals surface area contributed by atoms with Gasteiger partial charge in [-0.2, -0.15) is 28.2 Å². The van der Waals surface area contributed by atoms with Gasteiger partial charge in [0.2, 0.25) is 5.88 Å². The van der Waals surface area contributed by atoms with Crippen molar-refractivity contribution in [1.82, 2.24) is 35.0 Å². The van der Waals surface area contributed by atoms with E-state index in [2.05, 4.69) is 35.0 Å². The Bertz CT molecular complexity index is 2040. The molecule has 1 saturated heterocycles. The fraction of sp³-hybridized carbons (Fsp3) is 0.387. The number of likely N-dealkylation sites (N-methyl/N-ethyl adjacent to an activating group) is 1. The van der Waals surface area contributed by atoms with E-state index in [1.54, 1.807) is 18.7 Å². The van der Waals surface area contributed by atoms with E-state index in [9.17, 15) is 17.6 Å². The number of nitrogens with zero attached hydrogens (tertiary/aromatic N) is 7. The third kappa shape index (κ3) is 5.10. The van der Waals surface area contributed by atoms with Crippen LogP contribution in [0.25, 0.3) is 33.1 Å². The van der Waals surface area contributed by atoms with Gasteiger partial charge < -0.3 is 20.1 Å². The maximum absolute atomic E-state index is 17.0. The van der Waals surface area contributed by atoms with Crippen LogP contribution in [-0.2, 0) is 6.18 Å². The molecule has 47 heavy (non-hydrogen) atoms. The van der Waals surface area contributed by atoms with E-state index in [0.29, 0.717) is 5.56 Å². The molecule has 0 spiro atoms. The number of H-pyrrole nitrogens is 1. The van der Waals surface area contributed by atoms with Gasteiger partial charge in [-0.15, -0.1) is 0 Å². The van der Waals surface area contributed by atoms with Crippen molar-refractivity contribution in [1.29, 1.82) is 0 Å². The number of alkyl halides is 3. The quantitative estimate of drug-likeness (QED) is 0.224. The van der Waals surface area contributed by atoms with E-state index in [4.69, 9.17) is 15.2 Å². The summed E-state index contributed by atoms with van der Waals surface area (Å²) in [5, 5.41) is 6.61. The number of nitrogen functional groups attached to an aromatic ring is 1. The van der Waals surface area contributed by atoms with Gasteiger partial charge in [-0.1, -0.05) is 0 Å². The summed E-state index contributed by atoms with van der Waals surface area (Å²) < 4.78 is 87.2. The number of pyridine rings is 2. The zero-order valence-electron chi connectivity index (χ0n) is 25.8. The molecule has 2 aliphatic rings. The van der Waals surface area contributed by atoms with Gasteiger partial charge in [0.05, 0.1) is 35.6 Å². The SMILES string of the molecule is Cc1cc2[nH]ncc2c(-c2nc3c4c(nc(OCC5CCN5C)nc4c2F)N(C(C)c2cc(F)cnc2N)[C@@H](C)CO3)c1C(F)(F)F. The van der Waals surface area contributed by atoms with E-state index in [0.717, 1.165) is 19.2 Å². The van der Waals surface area contributed by atoms with Crippen LogP contribution in [0.2, 0.25) is 0 Å². The first kappa shape index (κ1) is 30.8. The summed E-state index contributed by atoms with van der Waals surface area (Å²) in [7, 11) is 1.94. The molecule has 2 unspecified atom stereocenters. The molecule has 3 N–H and O–H groups in total. The number of aromatic nitrogens is 6. The fourth-order valence-electron chi connectivity index (χ4n) is 6.42. The lowest BCUT2D eigenvalue weighted by Crippen LogP contribution is -2.48. The summed E-state index contributed by atoms with van der Waals surface area (Å²) in [5.74, 6) is -1.70. The normalized spacial score (nSPS) is 19.0. The molecular formula is C31H30F5N9O2. The maximum Gasteiger partial charge on any atom is 0.417 e. The van der Waals surface area contributed by atoms with Crippen molar-refractivity contribution in [2.45, 2.75) is 51.5 Å². The van der Waals surface area contributed by atoms with Crippen molar-refractivity contribution in [2.75, 3.05) is 37.4 Å². The first-order valence-corrected chi connectivity index (χ1v) is 14.9. The second-order valence-corrected chi connectivity index (χ2v) is 12.0. The summed E-state index contributed by atoms with van der Waals surface area (Å²) >= 11 is 0. The molecule has 0 aliphatic carbocycles. The van der Waals surface area contributed by atoms with Gasteiger partial charge in [-0.25, -0.2) is 18.7 Å². The molecule has 1 aromatic carbocycles. The number of benzene rings is 1. The van der Waals surface area contributed by atoms with Crippen LogP contribution in [0.5, 0.6) is 11.9 Å². The minimum Gasteiger partial charge on any atom is -0.475 e. The van der Waals surface area contributed by atoms with Gasteiger partial charge in [-0.3, -0.25) is 10.00 Å². The van der Waals surface area contributed by atoms with Crippen molar-refractivity contribution < 1.29 is 31.4 Å². The number of ether oxygens (including phenoxy) is 2. The summed E-state index contributed by atoms with van der Waals surface area (Å²) in [4.78, 5) is 21.2. The number of rotatable bonds is 6. The summed E-state index contributed by atoms with van der Waals surface area (Å²) in [6.07, 6.45) is -1.79. The molecule has 16 heteroatoms. The molecule has 0 bridgehead atoms. The molecule has 246 valence electrons. The first-order chi connectivity index (χ1) is 22.3. The van der Waals surface area contributed by atoms with Crippen LogP contribution in [-0.4, -0.2) is 73.9 Å². The van der Waals surface area contributed by atoms with Crippen LogP contribution in [0, 0.1) is 18.6 Å². The predicted molar refractivity (Wildman–Crippen MR) is 163 cm³/mol. The molecule has 0 saturated carbocycles. The number of aryl methyl sites for hydroxylation is 1. The van der Waals surface area contributed by atoms with Crippen LogP contribution in [0.4, 0.5) is 33.6 Å². The molecule has 0 radical (unpaired) electrons. The number of hydrogen-bond acceptors (Lipinski definition) is 10. The lowest BCUT2D eigenvalue weighted by atomic mass is 9.94.